The van der Waals surface area contributed by atoms with Gasteiger partial charge in [0.1, 0.15) is 0 Å². The Balaban J connectivity index is 1.61. The fourth-order valence-electron chi connectivity index (χ4n) is 4.28. The van der Waals surface area contributed by atoms with Gasteiger partial charge in [-0.25, -0.2) is 5.01 Å². The van der Waals surface area contributed by atoms with Crippen LogP contribution in [0.15, 0.2) is 65.8 Å². The summed E-state index contributed by atoms with van der Waals surface area (Å²) in [7, 11) is 0. The van der Waals surface area contributed by atoms with Crippen molar-refractivity contribution >= 4 is 11.6 Å². The highest BCUT2D eigenvalue weighted by Crippen LogP contribution is 2.42. The number of nitrogens with zero attached hydrogens (tertiary/aromatic N) is 2. The second-order valence-electron chi connectivity index (χ2n) is 7.73. The van der Waals surface area contributed by atoms with E-state index in [-0.39, 0.29) is 12.2 Å². The van der Waals surface area contributed by atoms with Crippen molar-refractivity contribution in [3.05, 3.63) is 71.8 Å². The number of carbonyl (C=O) groups excluding carboxylic acids is 1. The summed E-state index contributed by atoms with van der Waals surface area (Å²) in [5.74, 6) is -0.0614. The summed E-state index contributed by atoms with van der Waals surface area (Å²) in [4.78, 5) is 12.6. The Labute approximate surface area is 172 Å². The predicted octanol–water partition coefficient (Wildman–Crippen LogP) is 4.47. The van der Waals surface area contributed by atoms with Gasteiger partial charge in [0.05, 0.1) is 17.9 Å². The molecule has 5 heteroatoms. The number of hydrazone groups is 1. The van der Waals surface area contributed by atoms with Crippen molar-refractivity contribution in [3.8, 4) is 0 Å². The van der Waals surface area contributed by atoms with Crippen LogP contribution in [-0.2, 0) is 19.8 Å². The van der Waals surface area contributed by atoms with Crippen LogP contribution in [0.2, 0.25) is 0 Å². The van der Waals surface area contributed by atoms with E-state index >= 15 is 0 Å². The first kappa shape index (κ1) is 19.8. The molecule has 29 heavy (non-hydrogen) atoms. The highest BCUT2D eigenvalue weighted by molar-refractivity contribution is 6.03. The zero-order valence-electron chi connectivity index (χ0n) is 16.9. The molecular weight excluding hydrogens is 364 g/mol. The maximum Gasteiger partial charge on any atom is 0.240 e. The van der Waals surface area contributed by atoms with Gasteiger partial charge in [-0.05, 0) is 30.4 Å². The Bertz CT molecular complexity index is 847. The molecule has 2 aromatic rings. The van der Waals surface area contributed by atoms with E-state index in [1.165, 1.54) is 0 Å². The number of rotatable bonds is 6. The lowest BCUT2D eigenvalue weighted by atomic mass is 9.81. The van der Waals surface area contributed by atoms with Crippen molar-refractivity contribution in [2.75, 3.05) is 13.2 Å². The fourth-order valence-corrected chi connectivity index (χ4v) is 4.28. The quantitative estimate of drug-likeness (QED) is 0.729. The van der Waals surface area contributed by atoms with Gasteiger partial charge in [0.25, 0.3) is 0 Å². The van der Waals surface area contributed by atoms with E-state index in [1.54, 1.807) is 11.9 Å². The van der Waals surface area contributed by atoms with E-state index in [0.717, 1.165) is 42.7 Å². The summed E-state index contributed by atoms with van der Waals surface area (Å²) in [6, 6.07) is 20.3. The van der Waals surface area contributed by atoms with E-state index in [9.17, 15) is 4.79 Å². The summed E-state index contributed by atoms with van der Waals surface area (Å²) in [5.41, 5.74) is 2.51. The second-order valence-corrected chi connectivity index (χ2v) is 7.73. The molecule has 2 unspecified atom stereocenters. The van der Waals surface area contributed by atoms with Crippen molar-refractivity contribution in [1.82, 2.24) is 5.01 Å². The molecule has 0 bridgehead atoms. The smallest absolute Gasteiger partial charge is 0.240 e. The molecule has 2 aromatic carbocycles. The largest absolute Gasteiger partial charge is 0.353 e. The minimum Gasteiger partial charge on any atom is -0.353 e. The van der Waals surface area contributed by atoms with E-state index < -0.39 is 5.54 Å². The molecule has 2 atom stereocenters. The Morgan fingerprint density at radius 2 is 1.86 bits per heavy atom. The van der Waals surface area contributed by atoms with Gasteiger partial charge in [-0.3, -0.25) is 4.79 Å². The minimum atomic E-state index is -0.549. The number of carbonyl (C=O) groups is 1. The predicted molar refractivity (Wildman–Crippen MR) is 112 cm³/mol. The fraction of sp³-hybridized carbons (Fsp3) is 0.417. The van der Waals surface area contributed by atoms with E-state index in [4.69, 9.17) is 14.6 Å². The molecule has 2 heterocycles. The zero-order chi connectivity index (χ0) is 20.1. The van der Waals surface area contributed by atoms with Crippen LogP contribution in [0.1, 0.15) is 50.2 Å². The van der Waals surface area contributed by atoms with Crippen molar-refractivity contribution in [3.63, 3.8) is 0 Å². The molecule has 0 saturated carbocycles. The summed E-state index contributed by atoms with van der Waals surface area (Å²) in [6.45, 7) is 2.86. The number of hydrogen-bond donors (Lipinski definition) is 0. The van der Waals surface area contributed by atoms with Gasteiger partial charge in [0.15, 0.2) is 6.29 Å². The van der Waals surface area contributed by atoms with Gasteiger partial charge in [-0.15, -0.1) is 0 Å². The van der Waals surface area contributed by atoms with Gasteiger partial charge < -0.3 is 9.47 Å². The third-order valence-electron chi connectivity index (χ3n) is 5.76. The van der Waals surface area contributed by atoms with Crippen LogP contribution < -0.4 is 0 Å². The number of benzene rings is 2. The van der Waals surface area contributed by atoms with E-state index in [0.29, 0.717) is 19.4 Å². The van der Waals surface area contributed by atoms with Crippen molar-refractivity contribution < 1.29 is 14.3 Å². The van der Waals surface area contributed by atoms with Crippen LogP contribution in [0.3, 0.4) is 0 Å². The van der Waals surface area contributed by atoms with Crippen LogP contribution in [0.25, 0.3) is 0 Å². The summed E-state index contributed by atoms with van der Waals surface area (Å²) in [6.07, 6.45) is 4.35. The Morgan fingerprint density at radius 3 is 2.52 bits per heavy atom. The van der Waals surface area contributed by atoms with Crippen LogP contribution in [0.4, 0.5) is 0 Å². The molecule has 2 aliphatic heterocycles. The SMILES string of the molecule is CC(=O)N1N=C(c2ccccc2)CC1(CCOC1CCCCO1)c1ccccc1. The van der Waals surface area contributed by atoms with Crippen molar-refractivity contribution in [2.24, 2.45) is 5.10 Å². The van der Waals surface area contributed by atoms with Crippen LogP contribution in [-0.4, -0.2) is 36.1 Å². The van der Waals surface area contributed by atoms with Gasteiger partial charge >= 0.3 is 0 Å². The lowest BCUT2D eigenvalue weighted by molar-refractivity contribution is -0.168. The zero-order valence-corrected chi connectivity index (χ0v) is 16.9. The molecule has 1 fully saturated rings. The Hall–Kier alpha value is -2.50. The lowest BCUT2D eigenvalue weighted by Crippen LogP contribution is -2.44. The van der Waals surface area contributed by atoms with Crippen LogP contribution >= 0.6 is 0 Å². The summed E-state index contributed by atoms with van der Waals surface area (Å²) in [5, 5.41) is 6.43. The van der Waals surface area contributed by atoms with Gasteiger partial charge in [-0.1, -0.05) is 60.7 Å². The van der Waals surface area contributed by atoms with Gasteiger partial charge in [-0.2, -0.15) is 5.10 Å². The minimum absolute atomic E-state index is 0.0614. The number of hydrogen-bond acceptors (Lipinski definition) is 4. The van der Waals surface area contributed by atoms with Crippen molar-refractivity contribution in [2.45, 2.75) is 50.9 Å². The third-order valence-corrected chi connectivity index (χ3v) is 5.76. The topological polar surface area (TPSA) is 51.1 Å². The molecule has 4 rings (SSSR count). The Morgan fingerprint density at radius 1 is 1.14 bits per heavy atom. The normalized spacial score (nSPS) is 24.4. The number of ether oxygens (including phenoxy) is 2. The molecule has 2 aliphatic rings. The molecule has 0 spiro atoms. The summed E-state index contributed by atoms with van der Waals surface area (Å²) < 4.78 is 11.8. The van der Waals surface area contributed by atoms with Gasteiger partial charge in [0.2, 0.25) is 5.91 Å². The molecule has 1 saturated heterocycles. The lowest BCUT2D eigenvalue weighted by Gasteiger charge is -2.37. The molecule has 0 aliphatic carbocycles. The molecule has 1 amide bonds. The van der Waals surface area contributed by atoms with E-state index in [1.807, 2.05) is 48.5 Å². The molecular formula is C24H28N2O3. The molecule has 0 N–H and O–H groups in total. The first-order valence-corrected chi connectivity index (χ1v) is 10.4. The average Bonchev–Trinajstić information content (AvgIpc) is 3.17. The van der Waals surface area contributed by atoms with Crippen molar-refractivity contribution in [1.29, 1.82) is 0 Å². The van der Waals surface area contributed by atoms with Crippen LogP contribution in [0.5, 0.6) is 0 Å². The molecule has 152 valence electrons. The molecule has 5 nitrogen and oxygen atoms in total. The van der Waals surface area contributed by atoms with Crippen LogP contribution in [0, 0.1) is 0 Å². The maximum atomic E-state index is 12.6. The average molecular weight is 392 g/mol. The number of amides is 1. The van der Waals surface area contributed by atoms with E-state index in [2.05, 4.69) is 12.1 Å². The monoisotopic (exact) mass is 392 g/mol. The first-order valence-electron chi connectivity index (χ1n) is 10.4. The molecule has 0 radical (unpaired) electrons. The first-order chi connectivity index (χ1) is 14.2. The standard InChI is InChI=1S/C24H28N2O3/c1-19(27)26-24(21-12-6-3-7-13-21,15-17-29-23-14-8-9-16-28-23)18-22(25-26)20-10-4-2-5-11-20/h2-7,10-13,23H,8-9,14-18H2,1H3. The Kier molecular flexibility index (Phi) is 6.07. The maximum absolute atomic E-state index is 12.6. The third kappa shape index (κ3) is 4.26. The van der Waals surface area contributed by atoms with Gasteiger partial charge in [0, 0.05) is 26.4 Å². The summed E-state index contributed by atoms with van der Waals surface area (Å²) >= 11 is 0. The molecule has 0 aromatic heterocycles. The second kappa shape index (κ2) is 8.89. The highest BCUT2D eigenvalue weighted by Gasteiger charge is 2.46. The highest BCUT2D eigenvalue weighted by atomic mass is 16.7.